The minimum absolute atomic E-state index is 0.195. The van der Waals surface area contributed by atoms with Crippen LogP contribution in [0.1, 0.15) is 19.4 Å². The Balaban J connectivity index is 1.92. The molecule has 1 aromatic rings. The molecule has 0 unspecified atom stereocenters. The number of rotatable bonds is 3. The number of carboxylic acid groups (broad SMARTS) is 1. The molecule has 2 aliphatic heterocycles. The summed E-state index contributed by atoms with van der Waals surface area (Å²) in [4.78, 5) is 26.7. The number of fused-ring (bicyclic) bond motifs is 1. The topological polar surface area (TPSA) is 63.7 Å². The van der Waals surface area contributed by atoms with Crippen LogP contribution in [-0.2, 0) is 15.0 Å². The lowest BCUT2D eigenvalue weighted by molar-refractivity contribution is -0.305. The lowest BCUT2D eigenvalue weighted by atomic mass is 9.84. The van der Waals surface area contributed by atoms with Crippen molar-refractivity contribution in [1.82, 2.24) is 4.90 Å². The molecular weight excluding hydrogens is 356 g/mol. The molecular formula is C18H17N2O3S2-. The first-order valence-electron chi connectivity index (χ1n) is 7.72. The van der Waals surface area contributed by atoms with Crippen molar-refractivity contribution < 1.29 is 14.7 Å². The number of carbonyl (C=O) groups excluding carboxylic acids is 2. The molecule has 2 heterocycles. The van der Waals surface area contributed by atoms with Crippen LogP contribution in [0.3, 0.4) is 0 Å². The van der Waals surface area contributed by atoms with E-state index in [1.54, 1.807) is 6.08 Å². The zero-order valence-corrected chi connectivity index (χ0v) is 15.7. The Morgan fingerprint density at radius 2 is 2.00 bits per heavy atom. The number of allylic oxidation sites excluding steroid dienone is 3. The van der Waals surface area contributed by atoms with E-state index < -0.39 is 18.4 Å². The third-order valence-corrected chi connectivity index (χ3v) is 5.89. The number of hydrogen-bond donors (Lipinski definition) is 0. The number of para-hydroxylation sites is 1. The van der Waals surface area contributed by atoms with E-state index in [4.69, 9.17) is 12.2 Å². The van der Waals surface area contributed by atoms with Crippen molar-refractivity contribution in [3.8, 4) is 0 Å². The fraction of sp³-hybridized carbons (Fsp3) is 0.278. The smallest absolute Gasteiger partial charge is 0.266 e. The number of likely N-dealkylation sites (N-methyl/N-ethyl adjacent to an activating group) is 1. The largest absolute Gasteiger partial charge is 0.548 e. The molecule has 0 N–H and O–H groups in total. The highest BCUT2D eigenvalue weighted by Gasteiger charge is 2.38. The summed E-state index contributed by atoms with van der Waals surface area (Å²) in [6.45, 7) is 3.75. The number of benzene rings is 1. The van der Waals surface area contributed by atoms with Crippen molar-refractivity contribution in [3.63, 3.8) is 0 Å². The Morgan fingerprint density at radius 1 is 1.32 bits per heavy atom. The summed E-state index contributed by atoms with van der Waals surface area (Å²) in [5.41, 5.74) is 3.22. The SMILES string of the molecule is CN1C(=CC=C2SC(=S)N(CC(=O)[O-])C2=O)C(C)(C)c2ccccc21. The van der Waals surface area contributed by atoms with Gasteiger partial charge in [0, 0.05) is 23.8 Å². The predicted octanol–water partition coefficient (Wildman–Crippen LogP) is 1.79. The molecule has 1 fully saturated rings. The molecule has 0 radical (unpaired) electrons. The summed E-state index contributed by atoms with van der Waals surface area (Å²) in [7, 11) is 1.99. The van der Waals surface area contributed by atoms with E-state index in [2.05, 4.69) is 30.9 Å². The van der Waals surface area contributed by atoms with Gasteiger partial charge in [-0.25, -0.2) is 0 Å². The normalized spacial score (nSPS) is 22.2. The number of carboxylic acids is 1. The zero-order chi connectivity index (χ0) is 18.4. The summed E-state index contributed by atoms with van der Waals surface area (Å²) < 4.78 is 0.237. The summed E-state index contributed by atoms with van der Waals surface area (Å²) in [6.07, 6.45) is 3.62. The number of amides is 1. The number of nitrogens with zero attached hydrogens (tertiary/aromatic N) is 2. The van der Waals surface area contributed by atoms with E-state index in [0.29, 0.717) is 4.91 Å². The molecule has 5 nitrogen and oxygen atoms in total. The molecule has 2 aliphatic rings. The Bertz CT molecular complexity index is 842. The highest BCUT2D eigenvalue weighted by atomic mass is 32.2. The number of anilines is 1. The number of carbonyl (C=O) groups is 2. The number of aliphatic carboxylic acids is 1. The molecule has 1 amide bonds. The summed E-state index contributed by atoms with van der Waals surface area (Å²) in [5.74, 6) is -1.73. The van der Waals surface area contributed by atoms with Gasteiger partial charge in [-0.05, 0) is 23.8 Å². The first kappa shape index (κ1) is 17.7. The molecule has 7 heteroatoms. The van der Waals surface area contributed by atoms with Crippen molar-refractivity contribution in [2.45, 2.75) is 19.3 Å². The van der Waals surface area contributed by atoms with Crippen LogP contribution in [0.25, 0.3) is 0 Å². The summed E-state index contributed by atoms with van der Waals surface area (Å²) in [5, 5.41) is 10.8. The van der Waals surface area contributed by atoms with Gasteiger partial charge < -0.3 is 14.8 Å². The molecule has 1 aromatic carbocycles. The van der Waals surface area contributed by atoms with E-state index in [9.17, 15) is 14.7 Å². The van der Waals surface area contributed by atoms with E-state index in [-0.39, 0.29) is 9.74 Å². The molecule has 3 rings (SSSR count). The van der Waals surface area contributed by atoms with Crippen LogP contribution in [0, 0.1) is 0 Å². The van der Waals surface area contributed by atoms with Crippen molar-refractivity contribution in [1.29, 1.82) is 0 Å². The lowest BCUT2D eigenvalue weighted by Gasteiger charge is -2.23. The fourth-order valence-corrected chi connectivity index (χ4v) is 4.43. The van der Waals surface area contributed by atoms with Gasteiger partial charge in [-0.3, -0.25) is 9.69 Å². The second kappa shape index (κ2) is 6.31. The molecule has 0 bridgehead atoms. The summed E-state index contributed by atoms with van der Waals surface area (Å²) in [6, 6.07) is 8.19. The van der Waals surface area contributed by atoms with Crippen molar-refractivity contribution in [2.75, 3.05) is 18.5 Å². The van der Waals surface area contributed by atoms with Crippen LogP contribution in [0.15, 0.2) is 47.0 Å². The third kappa shape index (κ3) is 2.98. The zero-order valence-electron chi connectivity index (χ0n) is 14.1. The van der Waals surface area contributed by atoms with Gasteiger partial charge in [-0.1, -0.05) is 56.0 Å². The number of hydrogen-bond acceptors (Lipinski definition) is 6. The van der Waals surface area contributed by atoms with Gasteiger partial charge in [0.1, 0.15) is 4.32 Å². The van der Waals surface area contributed by atoms with Gasteiger partial charge in [0.25, 0.3) is 5.91 Å². The minimum atomic E-state index is -1.33. The first-order valence-corrected chi connectivity index (χ1v) is 8.95. The van der Waals surface area contributed by atoms with Crippen LogP contribution in [0.2, 0.25) is 0 Å². The fourth-order valence-electron chi connectivity index (χ4n) is 3.24. The lowest BCUT2D eigenvalue weighted by Crippen LogP contribution is -2.40. The third-order valence-electron chi connectivity index (χ3n) is 4.49. The molecule has 25 heavy (non-hydrogen) atoms. The highest BCUT2D eigenvalue weighted by Crippen LogP contribution is 2.46. The molecule has 130 valence electrons. The molecule has 0 saturated carbocycles. The molecule has 0 aliphatic carbocycles. The predicted molar refractivity (Wildman–Crippen MR) is 101 cm³/mol. The van der Waals surface area contributed by atoms with Crippen LogP contribution in [0.4, 0.5) is 5.69 Å². The molecule has 0 aromatic heterocycles. The quantitative estimate of drug-likeness (QED) is 0.595. The van der Waals surface area contributed by atoms with Crippen molar-refractivity contribution in [2.24, 2.45) is 0 Å². The Kier molecular flexibility index (Phi) is 4.47. The van der Waals surface area contributed by atoms with Gasteiger partial charge in [0.2, 0.25) is 0 Å². The monoisotopic (exact) mass is 373 g/mol. The average molecular weight is 373 g/mol. The van der Waals surface area contributed by atoms with Crippen molar-refractivity contribution >= 4 is 45.9 Å². The van der Waals surface area contributed by atoms with Gasteiger partial charge in [0.05, 0.1) is 17.4 Å². The van der Waals surface area contributed by atoms with E-state index >= 15 is 0 Å². The van der Waals surface area contributed by atoms with Crippen LogP contribution in [0.5, 0.6) is 0 Å². The maximum absolute atomic E-state index is 12.3. The highest BCUT2D eigenvalue weighted by molar-refractivity contribution is 8.26. The van der Waals surface area contributed by atoms with E-state index in [1.165, 1.54) is 5.56 Å². The Labute approximate surface area is 156 Å². The minimum Gasteiger partial charge on any atom is -0.548 e. The maximum Gasteiger partial charge on any atom is 0.266 e. The Hall–Kier alpha value is -2.12. The van der Waals surface area contributed by atoms with Gasteiger partial charge >= 0.3 is 0 Å². The second-order valence-corrected chi connectivity index (χ2v) is 8.09. The van der Waals surface area contributed by atoms with Gasteiger partial charge in [-0.15, -0.1) is 0 Å². The van der Waals surface area contributed by atoms with Crippen LogP contribution in [-0.4, -0.2) is 34.7 Å². The van der Waals surface area contributed by atoms with Crippen molar-refractivity contribution in [3.05, 3.63) is 52.6 Å². The number of thioether (sulfide) groups is 1. The van der Waals surface area contributed by atoms with Crippen LogP contribution < -0.4 is 10.0 Å². The Morgan fingerprint density at radius 3 is 2.64 bits per heavy atom. The second-order valence-electron chi connectivity index (χ2n) is 6.42. The molecule has 0 spiro atoms. The van der Waals surface area contributed by atoms with Crippen LogP contribution >= 0.6 is 24.0 Å². The maximum atomic E-state index is 12.3. The molecule has 0 atom stereocenters. The average Bonchev–Trinajstić information content (AvgIpc) is 2.92. The first-order chi connectivity index (χ1) is 11.7. The van der Waals surface area contributed by atoms with E-state index in [1.807, 2.05) is 25.3 Å². The number of thiocarbonyl (C=S) groups is 1. The van der Waals surface area contributed by atoms with Gasteiger partial charge in [0.15, 0.2) is 0 Å². The van der Waals surface area contributed by atoms with Gasteiger partial charge in [-0.2, -0.15) is 0 Å². The summed E-state index contributed by atoms with van der Waals surface area (Å²) >= 11 is 6.20. The van der Waals surface area contributed by atoms with E-state index in [0.717, 1.165) is 28.0 Å². The molecule has 1 saturated heterocycles. The standard InChI is InChI=1S/C18H18N2O3S2/c1-18(2)11-6-4-5-7-12(11)19(3)14(18)9-8-13-16(23)20(10-15(21)22)17(24)25-13/h4-9H,10H2,1-3H3,(H,21,22)/p-1.